The van der Waals surface area contributed by atoms with Crippen molar-refractivity contribution >= 4 is 54.6 Å². The van der Waals surface area contributed by atoms with Crippen molar-refractivity contribution in [2.24, 2.45) is 0 Å². The minimum atomic E-state index is -0.0590. The van der Waals surface area contributed by atoms with E-state index in [2.05, 4.69) is 26.2 Å². The maximum atomic E-state index is 12.5. The maximum absolute atomic E-state index is 12.5. The number of amides is 1. The fourth-order valence-corrected chi connectivity index (χ4v) is 4.25. The first-order valence-electron chi connectivity index (χ1n) is 7.50. The fraction of sp³-hybridized carbons (Fsp3) is 0.111. The van der Waals surface area contributed by atoms with E-state index in [1.54, 1.807) is 11.3 Å². The molecule has 0 bridgehead atoms. The number of rotatable bonds is 3. The van der Waals surface area contributed by atoms with E-state index in [1.165, 1.54) is 0 Å². The third kappa shape index (κ3) is 2.72. The van der Waals surface area contributed by atoms with Crippen LogP contribution in [0.4, 0.5) is 5.69 Å². The van der Waals surface area contributed by atoms with Crippen molar-refractivity contribution in [3.8, 4) is 0 Å². The monoisotopic (exact) mass is 399 g/mol. The van der Waals surface area contributed by atoms with E-state index in [1.807, 2.05) is 59.4 Å². The highest BCUT2D eigenvalue weighted by Gasteiger charge is 2.13. The van der Waals surface area contributed by atoms with Crippen LogP contribution in [0, 0.1) is 6.92 Å². The number of imidazole rings is 1. The van der Waals surface area contributed by atoms with Gasteiger partial charge in [-0.2, -0.15) is 0 Å². The second-order valence-electron chi connectivity index (χ2n) is 5.65. The first kappa shape index (κ1) is 15.4. The van der Waals surface area contributed by atoms with Gasteiger partial charge in [-0.05, 0) is 23.9 Å². The van der Waals surface area contributed by atoms with Crippen LogP contribution in [0.1, 0.15) is 11.3 Å². The molecule has 1 amide bonds. The normalized spacial score (nSPS) is 11.2. The van der Waals surface area contributed by atoms with E-state index in [4.69, 9.17) is 0 Å². The molecule has 0 saturated carbocycles. The molecule has 0 unspecified atom stereocenters. The summed E-state index contributed by atoms with van der Waals surface area (Å²) in [4.78, 5) is 17.9. The van der Waals surface area contributed by atoms with Gasteiger partial charge in [0.2, 0.25) is 5.91 Å². The number of halogens is 1. The van der Waals surface area contributed by atoms with Gasteiger partial charge in [0.15, 0.2) is 4.96 Å². The van der Waals surface area contributed by atoms with Crippen LogP contribution < -0.4 is 5.32 Å². The number of carbonyl (C=O) groups excluding carboxylic acids is 1. The molecule has 2 heterocycles. The molecule has 1 N–H and O–H groups in total. The SMILES string of the molecule is Cc1cc(Br)c2ccccc2c1NC(=O)Cc1cn2ccsc2n1. The Morgan fingerprint density at radius 1 is 1.33 bits per heavy atom. The summed E-state index contributed by atoms with van der Waals surface area (Å²) in [5, 5.41) is 7.15. The van der Waals surface area contributed by atoms with E-state index in [-0.39, 0.29) is 12.3 Å². The smallest absolute Gasteiger partial charge is 0.230 e. The number of carbonyl (C=O) groups is 1. The number of thiazole rings is 1. The zero-order valence-corrected chi connectivity index (χ0v) is 15.3. The molecule has 0 aliphatic rings. The number of aryl methyl sites for hydroxylation is 1. The summed E-state index contributed by atoms with van der Waals surface area (Å²) in [7, 11) is 0. The number of nitrogens with one attached hydrogen (secondary N) is 1. The van der Waals surface area contributed by atoms with Crippen molar-refractivity contribution < 1.29 is 4.79 Å². The lowest BCUT2D eigenvalue weighted by Crippen LogP contribution is -2.15. The maximum Gasteiger partial charge on any atom is 0.230 e. The van der Waals surface area contributed by atoms with Crippen molar-refractivity contribution in [3.63, 3.8) is 0 Å². The van der Waals surface area contributed by atoms with Gasteiger partial charge >= 0.3 is 0 Å². The van der Waals surface area contributed by atoms with Crippen molar-refractivity contribution in [1.82, 2.24) is 9.38 Å². The van der Waals surface area contributed by atoms with Gasteiger partial charge in [0, 0.05) is 27.6 Å². The average molecular weight is 400 g/mol. The molecule has 4 nitrogen and oxygen atoms in total. The van der Waals surface area contributed by atoms with Crippen molar-refractivity contribution in [2.45, 2.75) is 13.3 Å². The molecule has 4 rings (SSSR count). The minimum absolute atomic E-state index is 0.0590. The Bertz CT molecular complexity index is 1040. The molecule has 24 heavy (non-hydrogen) atoms. The largest absolute Gasteiger partial charge is 0.325 e. The zero-order chi connectivity index (χ0) is 16.7. The Morgan fingerprint density at radius 3 is 2.92 bits per heavy atom. The molecular weight excluding hydrogens is 386 g/mol. The van der Waals surface area contributed by atoms with Gasteiger partial charge in [0.1, 0.15) is 0 Å². The van der Waals surface area contributed by atoms with Gasteiger partial charge in [-0.15, -0.1) is 11.3 Å². The van der Waals surface area contributed by atoms with Gasteiger partial charge < -0.3 is 5.32 Å². The van der Waals surface area contributed by atoms with Gasteiger partial charge in [-0.3, -0.25) is 9.20 Å². The van der Waals surface area contributed by atoms with Crippen molar-refractivity contribution in [3.05, 3.63) is 63.8 Å². The van der Waals surface area contributed by atoms with E-state index in [0.29, 0.717) is 0 Å². The number of anilines is 1. The van der Waals surface area contributed by atoms with Crippen LogP contribution in [-0.4, -0.2) is 15.3 Å². The van der Waals surface area contributed by atoms with Gasteiger partial charge in [-0.1, -0.05) is 40.2 Å². The molecule has 0 atom stereocenters. The predicted molar refractivity (Wildman–Crippen MR) is 102 cm³/mol. The highest BCUT2D eigenvalue weighted by molar-refractivity contribution is 9.10. The summed E-state index contributed by atoms with van der Waals surface area (Å²) in [6.45, 7) is 2.00. The lowest BCUT2D eigenvalue weighted by molar-refractivity contribution is -0.115. The summed E-state index contributed by atoms with van der Waals surface area (Å²) in [6, 6.07) is 10.1. The molecular formula is C18H14BrN3OS. The Morgan fingerprint density at radius 2 is 2.12 bits per heavy atom. The van der Waals surface area contributed by atoms with Crippen LogP contribution in [0.15, 0.2) is 52.6 Å². The molecule has 0 saturated heterocycles. The van der Waals surface area contributed by atoms with Crippen LogP contribution in [0.2, 0.25) is 0 Å². The topological polar surface area (TPSA) is 46.4 Å². The van der Waals surface area contributed by atoms with E-state index >= 15 is 0 Å². The van der Waals surface area contributed by atoms with E-state index in [9.17, 15) is 4.79 Å². The Kier molecular flexibility index (Phi) is 3.86. The highest BCUT2D eigenvalue weighted by Crippen LogP contribution is 2.33. The Balaban J connectivity index is 1.63. The molecule has 0 aliphatic carbocycles. The minimum Gasteiger partial charge on any atom is -0.325 e. The third-order valence-electron chi connectivity index (χ3n) is 3.94. The molecule has 0 spiro atoms. The van der Waals surface area contributed by atoms with Crippen LogP contribution in [0.25, 0.3) is 15.7 Å². The van der Waals surface area contributed by atoms with Gasteiger partial charge in [0.25, 0.3) is 0 Å². The molecule has 2 aromatic carbocycles. The summed E-state index contributed by atoms with van der Waals surface area (Å²) < 4.78 is 2.97. The fourth-order valence-electron chi connectivity index (χ4n) is 2.84. The molecule has 6 heteroatoms. The number of benzene rings is 2. The van der Waals surface area contributed by atoms with Crippen LogP contribution in [0.5, 0.6) is 0 Å². The summed E-state index contributed by atoms with van der Waals surface area (Å²) >= 11 is 5.15. The molecule has 0 aliphatic heterocycles. The van der Waals surface area contributed by atoms with Gasteiger partial charge in [-0.25, -0.2) is 4.98 Å². The highest BCUT2D eigenvalue weighted by atomic mass is 79.9. The molecule has 120 valence electrons. The Labute approximate surface area is 151 Å². The summed E-state index contributed by atoms with van der Waals surface area (Å²) in [5.41, 5.74) is 2.66. The standard InChI is InChI=1S/C18H14BrN3OS/c1-11-8-15(19)13-4-2-3-5-14(13)17(11)21-16(23)9-12-10-22-6-7-24-18(22)20-12/h2-8,10H,9H2,1H3,(H,21,23). The van der Waals surface area contributed by atoms with E-state index in [0.717, 1.165) is 37.2 Å². The predicted octanol–water partition coefficient (Wildman–Crippen LogP) is 4.80. The summed E-state index contributed by atoms with van der Waals surface area (Å²) in [6.07, 6.45) is 4.11. The van der Waals surface area contributed by atoms with Crippen molar-refractivity contribution in [1.29, 1.82) is 0 Å². The number of hydrogen-bond donors (Lipinski definition) is 1. The zero-order valence-electron chi connectivity index (χ0n) is 12.9. The average Bonchev–Trinajstić information content (AvgIpc) is 3.12. The number of hydrogen-bond acceptors (Lipinski definition) is 3. The first-order chi connectivity index (χ1) is 11.6. The number of aromatic nitrogens is 2. The quantitative estimate of drug-likeness (QED) is 0.537. The molecule has 4 aromatic rings. The molecule has 0 fully saturated rings. The lowest BCUT2D eigenvalue weighted by Gasteiger charge is -2.13. The van der Waals surface area contributed by atoms with E-state index < -0.39 is 0 Å². The molecule has 0 radical (unpaired) electrons. The second kappa shape index (κ2) is 6.03. The first-order valence-corrected chi connectivity index (χ1v) is 9.18. The van der Waals surface area contributed by atoms with Gasteiger partial charge in [0.05, 0.1) is 17.8 Å². The Hall–Kier alpha value is -2.18. The number of fused-ring (bicyclic) bond motifs is 2. The van der Waals surface area contributed by atoms with Crippen LogP contribution >= 0.6 is 27.3 Å². The summed E-state index contributed by atoms with van der Waals surface area (Å²) in [5.74, 6) is -0.0590. The molecule has 2 aromatic heterocycles. The van der Waals surface area contributed by atoms with Crippen molar-refractivity contribution in [2.75, 3.05) is 5.32 Å². The van der Waals surface area contributed by atoms with Crippen LogP contribution in [0.3, 0.4) is 0 Å². The lowest BCUT2D eigenvalue weighted by atomic mass is 10.0. The second-order valence-corrected chi connectivity index (χ2v) is 7.37. The van der Waals surface area contributed by atoms with Crippen LogP contribution in [-0.2, 0) is 11.2 Å². The number of nitrogens with zero attached hydrogens (tertiary/aromatic N) is 2. The third-order valence-corrected chi connectivity index (χ3v) is 5.37.